The van der Waals surface area contributed by atoms with E-state index in [0.29, 0.717) is 24.3 Å². The monoisotopic (exact) mass is 866 g/mol. The maximum Gasteiger partial charge on any atom is 0.327 e. The zero-order valence-corrected chi connectivity index (χ0v) is 35.6. The Balaban J connectivity index is 0.895. The van der Waals surface area contributed by atoms with Crippen LogP contribution in [0.5, 0.6) is 5.75 Å². The summed E-state index contributed by atoms with van der Waals surface area (Å²) in [7, 11) is 0. The number of carbonyl (C=O) groups excluding carboxylic acids is 1. The summed E-state index contributed by atoms with van der Waals surface area (Å²) in [6.45, 7) is 9.10. The molecule has 4 atom stereocenters. The largest absolute Gasteiger partial charge is 0.488 e. The minimum Gasteiger partial charge on any atom is -0.488 e. The molecule has 5 aromatic rings. The average Bonchev–Trinajstić information content (AvgIpc) is 4.00. The molecule has 4 aromatic carbocycles. The molecule has 0 spiro atoms. The van der Waals surface area contributed by atoms with Crippen molar-refractivity contribution in [3.05, 3.63) is 143 Å². The van der Waals surface area contributed by atoms with Crippen LogP contribution in [-0.4, -0.2) is 94.3 Å². The number of ether oxygens (including phenoxy) is 3. The normalized spacial score (nSPS) is 22.6. The van der Waals surface area contributed by atoms with Gasteiger partial charge in [0, 0.05) is 60.9 Å². The molecule has 8 rings (SSSR count). The van der Waals surface area contributed by atoms with E-state index in [9.17, 15) is 19.3 Å². The van der Waals surface area contributed by atoms with Crippen molar-refractivity contribution in [3.63, 3.8) is 0 Å². The standard InChI is InChI=1S/C46H52F2N8O7/c1-4-5-21-45(27-34-9-7-6-8-10-34)43(63-56(58)59)54(44(57)55(45)33(2)3)38-14-12-36(13-15-38)51-22-24-52(25-23-51)37-16-18-39(19-17-37)60-28-42-61-30-46(62-42,29-53-32-49-31-50-53)40-20-11-35(47)26-41(40)48/h6-20,26,31-33,42-43H,4-5,21-25,27-30H2,1-3H3/t42-,43?,45?,46+/m0/s1. The first kappa shape index (κ1) is 43.3. The van der Waals surface area contributed by atoms with E-state index in [1.54, 1.807) is 4.90 Å². The van der Waals surface area contributed by atoms with Crippen molar-refractivity contribution in [3.8, 4) is 5.75 Å². The number of halogens is 2. The number of anilines is 3. The van der Waals surface area contributed by atoms with Crippen LogP contribution in [0.4, 0.5) is 30.6 Å². The molecule has 3 aliphatic rings. The molecule has 3 fully saturated rings. The summed E-state index contributed by atoms with van der Waals surface area (Å²) in [6.07, 6.45) is 3.46. The number of hydrogen-bond acceptors (Lipinski definition) is 11. The third-order valence-electron chi connectivity index (χ3n) is 12.1. The Hall–Kier alpha value is -6.33. The van der Waals surface area contributed by atoms with Gasteiger partial charge in [0.15, 0.2) is 6.29 Å². The van der Waals surface area contributed by atoms with E-state index in [4.69, 9.17) is 19.0 Å². The smallest absolute Gasteiger partial charge is 0.327 e. The maximum absolute atomic E-state index is 15.0. The summed E-state index contributed by atoms with van der Waals surface area (Å²) in [5.74, 6) is -0.828. The van der Waals surface area contributed by atoms with Gasteiger partial charge in [0.2, 0.25) is 6.23 Å². The molecule has 2 amide bonds. The first-order valence-corrected chi connectivity index (χ1v) is 21.4. The first-order chi connectivity index (χ1) is 30.5. The minimum absolute atomic E-state index is 0.00196. The zero-order chi connectivity index (χ0) is 44.1. The molecule has 0 N–H and O–H groups in total. The molecule has 3 aliphatic heterocycles. The van der Waals surface area contributed by atoms with Crippen molar-refractivity contribution in [2.24, 2.45) is 0 Å². The van der Waals surface area contributed by atoms with Crippen LogP contribution < -0.4 is 19.4 Å². The number of hydrogen-bond donors (Lipinski definition) is 0. The van der Waals surface area contributed by atoms with Crippen LogP contribution in [0.3, 0.4) is 0 Å². The SMILES string of the molecule is CCCCC1(Cc2ccccc2)C(O[N+](=O)[O-])N(c2ccc(N3CCN(c4ccc(OC[C@H]5OC[C@](Cn6cncn6)(c6ccc(F)cc6F)O5)cc4)CC3)cc2)C(=O)N1C(C)C. The van der Waals surface area contributed by atoms with Crippen molar-refractivity contribution in [2.75, 3.05) is 54.1 Å². The summed E-state index contributed by atoms with van der Waals surface area (Å²) in [5.41, 5.74) is 1.43. The highest BCUT2D eigenvalue weighted by Gasteiger charge is 2.60. The predicted molar refractivity (Wildman–Crippen MR) is 231 cm³/mol. The molecule has 0 aliphatic carbocycles. The molecule has 0 radical (unpaired) electrons. The average molecular weight is 867 g/mol. The Morgan fingerprint density at radius 2 is 1.59 bits per heavy atom. The topological polar surface area (TPSA) is 141 Å². The zero-order valence-electron chi connectivity index (χ0n) is 35.6. The lowest BCUT2D eigenvalue weighted by atomic mass is 9.82. The Kier molecular flexibility index (Phi) is 12.8. The number of rotatable bonds is 17. The number of aromatic nitrogens is 3. The summed E-state index contributed by atoms with van der Waals surface area (Å²) in [6, 6.07) is 28.0. The molecule has 4 heterocycles. The van der Waals surface area contributed by atoms with Crippen LogP contribution in [0.2, 0.25) is 0 Å². The second-order valence-corrected chi connectivity index (χ2v) is 16.5. The quantitative estimate of drug-likeness (QED) is 0.0675. The molecule has 2 unspecified atom stereocenters. The molecule has 332 valence electrons. The molecular formula is C46H52F2N8O7. The molecule has 0 bridgehead atoms. The van der Waals surface area contributed by atoms with Gasteiger partial charge in [-0.3, -0.25) is 9.74 Å². The lowest BCUT2D eigenvalue weighted by Crippen LogP contribution is -2.57. The number of urea groups is 1. The Morgan fingerprint density at radius 3 is 2.19 bits per heavy atom. The van der Waals surface area contributed by atoms with Gasteiger partial charge in [0.05, 0.1) is 18.7 Å². The fourth-order valence-electron chi connectivity index (χ4n) is 9.25. The lowest BCUT2D eigenvalue weighted by molar-refractivity contribution is -0.770. The van der Waals surface area contributed by atoms with Crippen LogP contribution in [0, 0.1) is 21.7 Å². The van der Waals surface area contributed by atoms with Gasteiger partial charge < -0.3 is 28.9 Å². The van der Waals surface area contributed by atoms with E-state index in [2.05, 4.69) is 26.8 Å². The fraction of sp³-hybridized carbons (Fsp3) is 0.413. The molecule has 1 aromatic heterocycles. The molecule has 17 heteroatoms. The fourth-order valence-corrected chi connectivity index (χ4v) is 9.25. The Bertz CT molecular complexity index is 2320. The highest BCUT2D eigenvalue weighted by atomic mass is 19.1. The summed E-state index contributed by atoms with van der Waals surface area (Å²) in [5, 5.41) is 15.5. The number of carbonyl (C=O) groups is 1. The molecule has 0 saturated carbocycles. The maximum atomic E-state index is 15.0. The first-order valence-electron chi connectivity index (χ1n) is 21.4. The van der Waals surface area contributed by atoms with Crippen LogP contribution in [0.15, 0.2) is 110 Å². The van der Waals surface area contributed by atoms with E-state index < -0.39 is 40.4 Å². The highest BCUT2D eigenvalue weighted by molar-refractivity contribution is 5.96. The van der Waals surface area contributed by atoms with Gasteiger partial charge in [-0.2, -0.15) is 5.10 Å². The molecule has 15 nitrogen and oxygen atoms in total. The minimum atomic E-state index is -1.27. The molecular weight excluding hydrogens is 815 g/mol. The number of unbranched alkanes of at least 4 members (excludes halogenated alkanes) is 1. The van der Waals surface area contributed by atoms with Gasteiger partial charge >= 0.3 is 6.03 Å². The lowest BCUT2D eigenvalue weighted by Gasteiger charge is -2.42. The van der Waals surface area contributed by atoms with Crippen LogP contribution in [0.1, 0.15) is 51.2 Å². The van der Waals surface area contributed by atoms with Crippen LogP contribution in [-0.2, 0) is 32.9 Å². The summed E-state index contributed by atoms with van der Waals surface area (Å²) < 4.78 is 48.5. The van der Waals surface area contributed by atoms with E-state index in [1.807, 2.05) is 92.7 Å². The predicted octanol–water partition coefficient (Wildman–Crippen LogP) is 7.59. The third kappa shape index (κ3) is 9.11. The second kappa shape index (κ2) is 18.6. The number of benzene rings is 4. The van der Waals surface area contributed by atoms with E-state index in [0.717, 1.165) is 62.0 Å². The highest BCUT2D eigenvalue weighted by Crippen LogP contribution is 2.45. The number of amides is 2. The van der Waals surface area contributed by atoms with Gasteiger partial charge in [-0.15, -0.1) is 10.1 Å². The van der Waals surface area contributed by atoms with Gasteiger partial charge in [0.1, 0.15) is 42.2 Å². The summed E-state index contributed by atoms with van der Waals surface area (Å²) >= 11 is 0. The van der Waals surface area contributed by atoms with E-state index in [1.165, 1.54) is 34.4 Å². The molecule has 63 heavy (non-hydrogen) atoms. The summed E-state index contributed by atoms with van der Waals surface area (Å²) in [4.78, 5) is 43.8. The van der Waals surface area contributed by atoms with Gasteiger partial charge in [-0.1, -0.05) is 56.2 Å². The van der Waals surface area contributed by atoms with Crippen molar-refractivity contribution in [1.82, 2.24) is 19.7 Å². The Labute approximate surface area is 364 Å². The van der Waals surface area contributed by atoms with Crippen molar-refractivity contribution in [2.45, 2.75) is 82.7 Å². The van der Waals surface area contributed by atoms with Crippen molar-refractivity contribution < 1.29 is 37.7 Å². The number of nitrogens with zero attached hydrogens (tertiary/aromatic N) is 8. The Morgan fingerprint density at radius 1 is 0.921 bits per heavy atom. The third-order valence-corrected chi connectivity index (χ3v) is 12.1. The van der Waals surface area contributed by atoms with E-state index >= 15 is 4.39 Å². The molecule has 3 saturated heterocycles. The van der Waals surface area contributed by atoms with Gasteiger partial charge in [0.25, 0.3) is 5.09 Å². The second-order valence-electron chi connectivity index (χ2n) is 16.5. The number of piperazine rings is 1. The van der Waals surface area contributed by atoms with Gasteiger partial charge in [-0.05, 0) is 86.8 Å². The van der Waals surface area contributed by atoms with Crippen LogP contribution in [0.25, 0.3) is 0 Å². The van der Waals surface area contributed by atoms with Gasteiger partial charge in [-0.25, -0.2) is 23.2 Å². The van der Waals surface area contributed by atoms with Crippen molar-refractivity contribution >= 4 is 23.1 Å². The van der Waals surface area contributed by atoms with E-state index in [-0.39, 0.29) is 37.4 Å². The van der Waals surface area contributed by atoms with Crippen LogP contribution >= 0.6 is 0 Å². The van der Waals surface area contributed by atoms with Crippen molar-refractivity contribution in [1.29, 1.82) is 0 Å².